The zero-order valence-electron chi connectivity index (χ0n) is 35.1. The molecular weight excluding hydrogens is 818 g/mol. The van der Waals surface area contributed by atoms with E-state index in [1.165, 1.54) is 0 Å². The average molecular weight is 872 g/mol. The predicted molar refractivity (Wildman–Crippen MR) is 240 cm³/mol. The molecule has 14 heteroatoms. The summed E-state index contributed by atoms with van der Waals surface area (Å²) in [5, 5.41) is 13.6. The molecule has 5 amide bonds. The van der Waals surface area contributed by atoms with E-state index in [1.807, 2.05) is 103 Å². The first-order valence-corrected chi connectivity index (χ1v) is 23.2. The van der Waals surface area contributed by atoms with Crippen LogP contribution in [0.4, 0.5) is 0 Å². The SMILES string of the molecule is NC(=O)C[C@@H]1NC(=O)C2(CCCCC2)NC(=O)[C@@H](c2ccc(CP(=O)(OCc3ccccc3)OCc3ccccc3)cc2)NC(=O)C[C@@H](Cc2cccc3ccccc23)CNC1=O. The van der Waals surface area contributed by atoms with Crippen LogP contribution in [0.1, 0.15) is 78.8 Å². The number of nitrogens with two attached hydrogens (primary N) is 1. The average Bonchev–Trinajstić information content (AvgIpc) is 3.29. The summed E-state index contributed by atoms with van der Waals surface area (Å²) in [6, 6.07) is 36.9. The molecule has 6 N–H and O–H groups in total. The van der Waals surface area contributed by atoms with Crippen molar-refractivity contribution in [3.63, 3.8) is 0 Å². The Morgan fingerprint density at radius 1 is 0.698 bits per heavy atom. The third-order valence-electron chi connectivity index (χ3n) is 11.8. The van der Waals surface area contributed by atoms with Gasteiger partial charge in [-0.25, -0.2) is 0 Å². The number of hydrogen-bond acceptors (Lipinski definition) is 8. The van der Waals surface area contributed by atoms with Gasteiger partial charge >= 0.3 is 7.60 Å². The van der Waals surface area contributed by atoms with Crippen molar-refractivity contribution in [1.29, 1.82) is 0 Å². The highest BCUT2D eigenvalue weighted by atomic mass is 31.2. The number of carbonyl (C=O) groups excluding carboxylic acids is 5. The lowest BCUT2D eigenvalue weighted by molar-refractivity contribution is -0.139. The molecule has 0 radical (unpaired) electrons. The van der Waals surface area contributed by atoms with Crippen molar-refractivity contribution in [2.45, 2.75) is 88.4 Å². The lowest BCUT2D eigenvalue weighted by Gasteiger charge is -2.39. The molecule has 0 unspecified atom stereocenters. The zero-order valence-corrected chi connectivity index (χ0v) is 36.0. The van der Waals surface area contributed by atoms with Crippen LogP contribution in [0.2, 0.25) is 0 Å². The molecule has 1 heterocycles. The van der Waals surface area contributed by atoms with E-state index in [1.54, 1.807) is 24.3 Å². The van der Waals surface area contributed by atoms with Gasteiger partial charge in [0.15, 0.2) is 0 Å². The quantitative estimate of drug-likeness (QED) is 0.0809. The van der Waals surface area contributed by atoms with Crippen LogP contribution in [0.25, 0.3) is 10.8 Å². The van der Waals surface area contributed by atoms with Crippen molar-refractivity contribution in [1.82, 2.24) is 21.3 Å². The molecule has 1 aliphatic heterocycles. The van der Waals surface area contributed by atoms with Gasteiger partial charge in [-0.15, -0.1) is 0 Å². The maximum absolute atomic E-state index is 14.6. The number of fused-ring (bicyclic) bond motifs is 1. The summed E-state index contributed by atoms with van der Waals surface area (Å²) in [5.74, 6) is -3.52. The highest BCUT2D eigenvalue weighted by molar-refractivity contribution is 7.52. The Morgan fingerprint density at radius 3 is 1.97 bits per heavy atom. The Morgan fingerprint density at radius 2 is 1.32 bits per heavy atom. The van der Waals surface area contributed by atoms with E-state index in [0.29, 0.717) is 30.4 Å². The number of primary amides is 1. The second kappa shape index (κ2) is 20.8. The van der Waals surface area contributed by atoms with Gasteiger partial charge in [0, 0.05) is 13.0 Å². The molecule has 0 aromatic heterocycles. The van der Waals surface area contributed by atoms with Crippen molar-refractivity contribution < 1.29 is 37.6 Å². The fourth-order valence-electron chi connectivity index (χ4n) is 8.39. The van der Waals surface area contributed by atoms with E-state index in [-0.39, 0.29) is 45.2 Å². The predicted octanol–water partition coefficient (Wildman–Crippen LogP) is 6.68. The molecule has 1 aliphatic carbocycles. The lowest BCUT2D eigenvalue weighted by Crippen LogP contribution is -2.64. The second-order valence-corrected chi connectivity index (χ2v) is 18.6. The third-order valence-corrected chi connectivity index (χ3v) is 13.6. The molecule has 5 aromatic rings. The molecule has 5 aromatic carbocycles. The number of hydrogen-bond donors (Lipinski definition) is 5. The van der Waals surface area contributed by atoms with Crippen LogP contribution in [0.15, 0.2) is 127 Å². The Bertz CT molecular complexity index is 2390. The van der Waals surface area contributed by atoms with Crippen LogP contribution in [-0.4, -0.2) is 47.7 Å². The van der Waals surface area contributed by atoms with Crippen molar-refractivity contribution in [3.05, 3.63) is 155 Å². The highest BCUT2D eigenvalue weighted by Gasteiger charge is 2.44. The first kappa shape index (κ1) is 44.9. The van der Waals surface area contributed by atoms with Crippen molar-refractivity contribution in [3.8, 4) is 0 Å². The van der Waals surface area contributed by atoms with Crippen LogP contribution < -0.4 is 27.0 Å². The molecule has 1 spiro atoms. The van der Waals surface area contributed by atoms with Gasteiger partial charge in [-0.2, -0.15) is 0 Å². The molecule has 2 aliphatic rings. The van der Waals surface area contributed by atoms with Gasteiger partial charge in [0.05, 0.1) is 25.8 Å². The van der Waals surface area contributed by atoms with E-state index in [0.717, 1.165) is 33.9 Å². The summed E-state index contributed by atoms with van der Waals surface area (Å²) >= 11 is 0. The van der Waals surface area contributed by atoms with Crippen molar-refractivity contribution >= 4 is 47.9 Å². The van der Waals surface area contributed by atoms with Crippen molar-refractivity contribution in [2.24, 2.45) is 11.7 Å². The molecule has 3 atom stereocenters. The van der Waals surface area contributed by atoms with Gasteiger partial charge in [-0.05, 0) is 63.8 Å². The normalized spacial score (nSPS) is 19.9. The standard InChI is InChI=1S/C49H54N5O8P/c50-43(55)29-42-46(57)51-30-37(27-40-19-12-18-38-17-8-9-20-41(38)40)28-44(56)53-45(47(58)54-49(48(59)52-42)25-10-3-11-26-49)39-23-21-36(22-24-39)33-63(60,61-31-34-13-4-1-5-14-34)62-32-35-15-6-2-7-16-35/h1-2,4-9,12-24,37,42,45H,3,10-11,25-33H2,(H2,50,55)(H,51,57)(H,52,59)(H,53,56)(H,54,58)/t37-,42+,45-/m1/s1. The zero-order chi connectivity index (χ0) is 44.2. The number of rotatable bonds is 13. The molecule has 328 valence electrons. The largest absolute Gasteiger partial charge is 0.370 e. The molecule has 1 saturated heterocycles. The summed E-state index contributed by atoms with van der Waals surface area (Å²) < 4.78 is 26.4. The number of nitrogens with one attached hydrogen (secondary N) is 4. The van der Waals surface area contributed by atoms with Crippen molar-refractivity contribution in [2.75, 3.05) is 6.54 Å². The fraction of sp³-hybridized carbons (Fsp3) is 0.327. The summed E-state index contributed by atoms with van der Waals surface area (Å²) in [4.78, 5) is 68.9. The van der Waals surface area contributed by atoms with Gasteiger partial charge in [-0.3, -0.25) is 28.5 Å². The van der Waals surface area contributed by atoms with E-state index < -0.39 is 67.1 Å². The van der Waals surface area contributed by atoms with Gasteiger partial charge in [0.1, 0.15) is 17.6 Å². The second-order valence-electron chi connectivity index (χ2n) is 16.5. The molecule has 2 fully saturated rings. The van der Waals surface area contributed by atoms with Crippen LogP contribution in [0.3, 0.4) is 0 Å². The molecule has 0 bridgehead atoms. The highest BCUT2D eigenvalue weighted by Crippen LogP contribution is 2.53. The van der Waals surface area contributed by atoms with Gasteiger partial charge in [0.25, 0.3) is 0 Å². The van der Waals surface area contributed by atoms with Gasteiger partial charge < -0.3 is 36.0 Å². The smallest absolute Gasteiger partial charge is 0.335 e. The summed E-state index contributed by atoms with van der Waals surface area (Å²) in [7, 11) is -3.73. The van der Waals surface area contributed by atoms with Crippen LogP contribution in [-0.2, 0) is 63.4 Å². The third kappa shape index (κ3) is 12.1. The van der Waals surface area contributed by atoms with Crippen LogP contribution >= 0.6 is 7.60 Å². The summed E-state index contributed by atoms with van der Waals surface area (Å²) in [6.07, 6.45) is 2.47. The van der Waals surface area contributed by atoms with Gasteiger partial charge in [0.2, 0.25) is 29.5 Å². The Labute approximate surface area is 367 Å². The van der Waals surface area contributed by atoms with E-state index in [2.05, 4.69) is 21.3 Å². The monoisotopic (exact) mass is 871 g/mol. The molecule has 63 heavy (non-hydrogen) atoms. The minimum atomic E-state index is -3.73. The molecule has 1 saturated carbocycles. The molecule has 7 rings (SSSR count). The van der Waals surface area contributed by atoms with E-state index in [9.17, 15) is 28.5 Å². The summed E-state index contributed by atoms with van der Waals surface area (Å²) in [5.41, 5.74) is 7.82. The fourth-order valence-corrected chi connectivity index (χ4v) is 10.00. The van der Waals surface area contributed by atoms with E-state index >= 15 is 0 Å². The lowest BCUT2D eigenvalue weighted by atomic mass is 9.80. The minimum Gasteiger partial charge on any atom is -0.370 e. The number of amides is 5. The maximum atomic E-state index is 14.6. The maximum Gasteiger partial charge on any atom is 0.335 e. The molecule has 13 nitrogen and oxygen atoms in total. The van der Waals surface area contributed by atoms with E-state index in [4.69, 9.17) is 14.8 Å². The molecular formula is C49H54N5O8P. The number of carbonyl (C=O) groups is 5. The minimum absolute atomic E-state index is 0.0378. The van der Waals surface area contributed by atoms with Crippen LogP contribution in [0.5, 0.6) is 0 Å². The first-order chi connectivity index (χ1) is 30.5. The Hall–Kier alpha value is -6.14. The Kier molecular flexibility index (Phi) is 14.8. The topological polar surface area (TPSA) is 195 Å². The van der Waals surface area contributed by atoms with Gasteiger partial charge in [-0.1, -0.05) is 147 Å². The number of benzene rings is 5. The van der Waals surface area contributed by atoms with Crippen LogP contribution in [0, 0.1) is 5.92 Å². The Balaban J connectivity index is 1.18. The first-order valence-electron chi connectivity index (χ1n) is 21.5. The summed E-state index contributed by atoms with van der Waals surface area (Å²) in [6.45, 7) is 0.183.